The van der Waals surface area contributed by atoms with Gasteiger partial charge in [-0.15, -0.1) is 5.10 Å². The molecule has 0 spiro atoms. The van der Waals surface area contributed by atoms with E-state index in [0.717, 1.165) is 24.0 Å². The normalized spacial score (nSPS) is 12.9. The van der Waals surface area contributed by atoms with Crippen molar-refractivity contribution in [3.63, 3.8) is 0 Å². The molecule has 2 unspecified atom stereocenters. The van der Waals surface area contributed by atoms with Crippen molar-refractivity contribution in [2.45, 2.75) is 51.7 Å². The fourth-order valence-corrected chi connectivity index (χ4v) is 3.47. The molecule has 0 aliphatic carbocycles. The van der Waals surface area contributed by atoms with Crippen LogP contribution >= 0.6 is 0 Å². The number of non-ortho nitro benzene ring substituents is 1. The Morgan fingerprint density at radius 1 is 1.22 bits per heavy atom. The highest BCUT2D eigenvalue weighted by molar-refractivity contribution is 5.68. The molecular weight excluding hydrogens is 412 g/mol. The third kappa shape index (κ3) is 5.73. The van der Waals surface area contributed by atoms with E-state index in [2.05, 4.69) is 27.8 Å². The van der Waals surface area contributed by atoms with Crippen LogP contribution in [0.3, 0.4) is 0 Å². The van der Waals surface area contributed by atoms with Crippen LogP contribution in [0.4, 0.5) is 5.69 Å². The topological polar surface area (TPSA) is 136 Å². The second-order valence-electron chi connectivity index (χ2n) is 7.63. The molecule has 32 heavy (non-hydrogen) atoms. The van der Waals surface area contributed by atoms with Gasteiger partial charge in [0.2, 0.25) is 0 Å². The highest BCUT2D eigenvalue weighted by Gasteiger charge is 2.27. The van der Waals surface area contributed by atoms with Crippen LogP contribution in [0.5, 0.6) is 0 Å². The van der Waals surface area contributed by atoms with Gasteiger partial charge in [0.1, 0.15) is 0 Å². The van der Waals surface area contributed by atoms with Crippen molar-refractivity contribution in [2.24, 2.45) is 0 Å². The molecule has 1 heterocycles. The van der Waals surface area contributed by atoms with Crippen molar-refractivity contribution in [1.82, 2.24) is 25.5 Å². The highest BCUT2D eigenvalue weighted by atomic mass is 16.6. The lowest BCUT2D eigenvalue weighted by molar-refractivity contribution is -0.384. The molecular formula is C22H26N6O4. The minimum absolute atomic E-state index is 0.0630. The summed E-state index contributed by atoms with van der Waals surface area (Å²) in [4.78, 5) is 22.5. The van der Waals surface area contributed by atoms with E-state index in [1.54, 1.807) is 16.8 Å². The monoisotopic (exact) mass is 438 g/mol. The Kier molecular flexibility index (Phi) is 7.61. The number of nitro groups is 1. The number of rotatable bonds is 11. The largest absolute Gasteiger partial charge is 0.481 e. The Bertz CT molecular complexity index is 1070. The molecule has 2 N–H and O–H groups in total. The molecule has 2 atom stereocenters. The zero-order chi connectivity index (χ0) is 23.1. The number of carboxylic acids is 1. The van der Waals surface area contributed by atoms with Crippen LogP contribution in [-0.2, 0) is 11.3 Å². The van der Waals surface area contributed by atoms with Gasteiger partial charge in [-0.3, -0.25) is 20.2 Å². The summed E-state index contributed by atoms with van der Waals surface area (Å²) < 4.78 is 1.66. The Morgan fingerprint density at radius 3 is 2.62 bits per heavy atom. The maximum Gasteiger partial charge on any atom is 0.305 e. The standard InChI is InChI=1S/C22H26N6O4/c1-3-4-12-27-22(24-25-26-27)21(17-6-5-7-18(13-17)28(31)32)23-19(14-20(29)30)16-10-8-15(2)9-11-16/h5-11,13,19,21,23H,3-4,12,14H2,1-2H3,(H,29,30). The third-order valence-corrected chi connectivity index (χ3v) is 5.18. The van der Waals surface area contributed by atoms with Crippen molar-refractivity contribution < 1.29 is 14.8 Å². The van der Waals surface area contributed by atoms with Crippen molar-refractivity contribution in [1.29, 1.82) is 0 Å². The smallest absolute Gasteiger partial charge is 0.305 e. The predicted octanol–water partition coefficient (Wildman–Crippen LogP) is 3.58. The number of carboxylic acid groups (broad SMARTS) is 1. The molecule has 0 amide bonds. The van der Waals surface area contributed by atoms with Crippen LogP contribution in [0.1, 0.15) is 60.8 Å². The average molecular weight is 438 g/mol. The first-order valence-electron chi connectivity index (χ1n) is 10.4. The molecule has 0 saturated heterocycles. The van der Waals surface area contributed by atoms with Crippen molar-refractivity contribution in [3.8, 4) is 0 Å². The maximum absolute atomic E-state index is 11.6. The molecule has 3 aromatic rings. The molecule has 0 radical (unpaired) electrons. The first-order valence-corrected chi connectivity index (χ1v) is 10.4. The molecule has 0 saturated carbocycles. The van der Waals surface area contributed by atoms with Crippen LogP contribution < -0.4 is 5.32 Å². The molecule has 2 aromatic carbocycles. The third-order valence-electron chi connectivity index (χ3n) is 5.18. The minimum Gasteiger partial charge on any atom is -0.481 e. The van der Waals surface area contributed by atoms with E-state index in [-0.39, 0.29) is 12.1 Å². The molecule has 1 aromatic heterocycles. The van der Waals surface area contributed by atoms with Gasteiger partial charge >= 0.3 is 5.97 Å². The van der Waals surface area contributed by atoms with Gasteiger partial charge in [0, 0.05) is 24.7 Å². The van der Waals surface area contributed by atoms with E-state index in [1.165, 1.54) is 12.1 Å². The van der Waals surface area contributed by atoms with Gasteiger partial charge in [-0.1, -0.05) is 55.3 Å². The number of aryl methyl sites for hydroxylation is 2. The van der Waals surface area contributed by atoms with E-state index < -0.39 is 23.0 Å². The molecule has 3 rings (SSSR count). The Morgan fingerprint density at radius 2 is 1.97 bits per heavy atom. The molecule has 0 aliphatic heterocycles. The summed E-state index contributed by atoms with van der Waals surface area (Å²) in [6.45, 7) is 4.60. The van der Waals surface area contributed by atoms with E-state index in [1.807, 2.05) is 31.2 Å². The summed E-state index contributed by atoms with van der Waals surface area (Å²) in [5, 5.41) is 36.3. The molecule has 168 valence electrons. The Labute approximate surface area is 185 Å². The SMILES string of the molecule is CCCCn1nnnc1C(NC(CC(=O)O)c1ccc(C)cc1)c1cccc([N+](=O)[O-])c1. The zero-order valence-corrected chi connectivity index (χ0v) is 18.0. The summed E-state index contributed by atoms with van der Waals surface area (Å²) in [5.41, 5.74) is 2.36. The summed E-state index contributed by atoms with van der Waals surface area (Å²) >= 11 is 0. The minimum atomic E-state index is -0.966. The molecule has 10 heteroatoms. The van der Waals surface area contributed by atoms with Gasteiger partial charge in [0.05, 0.1) is 17.4 Å². The number of hydrogen-bond donors (Lipinski definition) is 2. The molecule has 10 nitrogen and oxygen atoms in total. The highest BCUT2D eigenvalue weighted by Crippen LogP contribution is 2.29. The molecule has 0 bridgehead atoms. The van der Waals surface area contributed by atoms with Gasteiger partial charge in [-0.05, 0) is 34.9 Å². The predicted molar refractivity (Wildman–Crippen MR) is 117 cm³/mol. The summed E-state index contributed by atoms with van der Waals surface area (Å²) in [6, 6.07) is 12.6. The lowest BCUT2D eigenvalue weighted by atomic mass is 9.98. The van der Waals surface area contributed by atoms with Gasteiger partial charge < -0.3 is 5.11 Å². The first-order chi connectivity index (χ1) is 15.4. The van der Waals surface area contributed by atoms with E-state index in [4.69, 9.17) is 0 Å². The average Bonchev–Trinajstić information content (AvgIpc) is 3.23. The summed E-state index contributed by atoms with van der Waals surface area (Å²) in [7, 11) is 0. The molecule has 0 fully saturated rings. The van der Waals surface area contributed by atoms with Gasteiger partial charge in [0.15, 0.2) is 5.82 Å². The number of unbranched alkanes of at least 4 members (excludes halogenated alkanes) is 1. The first kappa shape index (κ1) is 23.0. The van der Waals surface area contributed by atoms with Crippen LogP contribution in [0.2, 0.25) is 0 Å². The Hall–Kier alpha value is -3.66. The van der Waals surface area contributed by atoms with Crippen molar-refractivity contribution >= 4 is 11.7 Å². The number of tetrazole rings is 1. The van der Waals surface area contributed by atoms with Crippen LogP contribution in [0, 0.1) is 17.0 Å². The number of nitrogens with one attached hydrogen (secondary N) is 1. The lowest BCUT2D eigenvalue weighted by Crippen LogP contribution is -2.31. The van der Waals surface area contributed by atoms with Gasteiger partial charge in [-0.25, -0.2) is 4.68 Å². The Balaban J connectivity index is 2.05. The maximum atomic E-state index is 11.6. The van der Waals surface area contributed by atoms with Crippen LogP contribution in [0.25, 0.3) is 0 Å². The quantitative estimate of drug-likeness (QED) is 0.342. The van der Waals surface area contributed by atoms with Crippen LogP contribution in [0.15, 0.2) is 48.5 Å². The number of nitro benzene ring substituents is 1. The second kappa shape index (κ2) is 10.6. The fraction of sp³-hybridized carbons (Fsp3) is 0.364. The summed E-state index contributed by atoms with van der Waals surface area (Å²) in [6.07, 6.45) is 1.63. The number of aliphatic carboxylic acids is 1. The number of hydrogen-bond acceptors (Lipinski definition) is 7. The summed E-state index contributed by atoms with van der Waals surface area (Å²) in [5.74, 6) is -0.493. The zero-order valence-electron chi connectivity index (χ0n) is 18.0. The van der Waals surface area contributed by atoms with Crippen molar-refractivity contribution in [3.05, 3.63) is 81.2 Å². The molecule has 0 aliphatic rings. The van der Waals surface area contributed by atoms with Crippen molar-refractivity contribution in [2.75, 3.05) is 0 Å². The number of benzene rings is 2. The van der Waals surface area contributed by atoms with E-state index >= 15 is 0 Å². The number of nitrogens with zero attached hydrogens (tertiary/aromatic N) is 5. The number of carbonyl (C=O) groups is 1. The fourth-order valence-electron chi connectivity index (χ4n) is 3.47. The van der Waals surface area contributed by atoms with Gasteiger partial charge in [-0.2, -0.15) is 0 Å². The van der Waals surface area contributed by atoms with Gasteiger partial charge in [0.25, 0.3) is 5.69 Å². The van der Waals surface area contributed by atoms with E-state index in [9.17, 15) is 20.0 Å². The van der Waals surface area contributed by atoms with E-state index in [0.29, 0.717) is 17.9 Å². The second-order valence-corrected chi connectivity index (χ2v) is 7.63. The van der Waals surface area contributed by atoms with Crippen LogP contribution in [-0.4, -0.2) is 36.2 Å². The number of aromatic nitrogens is 4. The lowest BCUT2D eigenvalue weighted by Gasteiger charge is -2.25.